The Morgan fingerprint density at radius 1 is 1.18 bits per heavy atom. The number of benzene rings is 2. The molecule has 0 radical (unpaired) electrons. The van der Waals surface area contributed by atoms with E-state index in [1.807, 2.05) is 35.9 Å². The van der Waals surface area contributed by atoms with Crippen LogP contribution in [-0.4, -0.2) is 33.0 Å². The standard InChI is InChI=1S/C19H18Cl2N4O2S/c1-11(18(26)22-14-9-6-8-13(20)16(14)21)28-19-24-23-17(25(19)2)12-7-4-5-10-15(12)27-3/h4-11H,1-3H3,(H,22,26). The van der Waals surface area contributed by atoms with Crippen molar-refractivity contribution in [2.45, 2.75) is 17.3 Å². The molecule has 1 atom stereocenters. The van der Waals surface area contributed by atoms with Gasteiger partial charge in [0.25, 0.3) is 0 Å². The van der Waals surface area contributed by atoms with Crippen LogP contribution < -0.4 is 10.1 Å². The Kier molecular flexibility index (Phi) is 6.49. The quantitative estimate of drug-likeness (QED) is 0.555. The van der Waals surface area contributed by atoms with Crippen LogP contribution in [0.25, 0.3) is 11.4 Å². The van der Waals surface area contributed by atoms with Gasteiger partial charge in [-0.15, -0.1) is 10.2 Å². The van der Waals surface area contributed by atoms with E-state index in [2.05, 4.69) is 15.5 Å². The van der Waals surface area contributed by atoms with E-state index in [-0.39, 0.29) is 5.91 Å². The summed E-state index contributed by atoms with van der Waals surface area (Å²) in [4.78, 5) is 12.6. The van der Waals surface area contributed by atoms with Gasteiger partial charge in [0.05, 0.1) is 33.7 Å². The predicted molar refractivity (Wildman–Crippen MR) is 113 cm³/mol. The summed E-state index contributed by atoms with van der Waals surface area (Å²) in [5.74, 6) is 1.15. The normalized spacial score (nSPS) is 11.9. The molecular weight excluding hydrogens is 419 g/mol. The summed E-state index contributed by atoms with van der Waals surface area (Å²) < 4.78 is 7.23. The molecule has 28 heavy (non-hydrogen) atoms. The minimum atomic E-state index is -0.427. The summed E-state index contributed by atoms with van der Waals surface area (Å²) in [7, 11) is 3.46. The maximum absolute atomic E-state index is 12.6. The molecule has 0 saturated heterocycles. The van der Waals surface area contributed by atoms with E-state index in [9.17, 15) is 4.79 Å². The zero-order chi connectivity index (χ0) is 20.3. The van der Waals surface area contributed by atoms with Crippen molar-refractivity contribution in [3.05, 3.63) is 52.5 Å². The van der Waals surface area contributed by atoms with E-state index >= 15 is 0 Å². The highest BCUT2D eigenvalue weighted by atomic mass is 35.5. The monoisotopic (exact) mass is 436 g/mol. The molecule has 0 fully saturated rings. The van der Waals surface area contributed by atoms with E-state index in [0.29, 0.717) is 32.5 Å². The number of aromatic nitrogens is 3. The molecule has 0 aliphatic carbocycles. The van der Waals surface area contributed by atoms with E-state index < -0.39 is 5.25 Å². The number of amides is 1. The Hall–Kier alpha value is -2.22. The molecule has 0 spiro atoms. The largest absolute Gasteiger partial charge is 0.496 e. The molecule has 2 aromatic carbocycles. The van der Waals surface area contributed by atoms with E-state index in [1.54, 1.807) is 32.2 Å². The second kappa shape index (κ2) is 8.86. The lowest BCUT2D eigenvalue weighted by Gasteiger charge is -2.13. The molecule has 146 valence electrons. The number of hydrogen-bond donors (Lipinski definition) is 1. The first-order chi connectivity index (χ1) is 13.4. The van der Waals surface area contributed by atoms with Gasteiger partial charge < -0.3 is 14.6 Å². The van der Waals surface area contributed by atoms with Crippen molar-refractivity contribution in [1.29, 1.82) is 0 Å². The van der Waals surface area contributed by atoms with Gasteiger partial charge >= 0.3 is 0 Å². The van der Waals surface area contributed by atoms with Crippen molar-refractivity contribution in [2.24, 2.45) is 7.05 Å². The second-order valence-corrected chi connectivity index (χ2v) is 8.01. The van der Waals surface area contributed by atoms with Crippen molar-refractivity contribution in [1.82, 2.24) is 14.8 Å². The summed E-state index contributed by atoms with van der Waals surface area (Å²) in [6.07, 6.45) is 0. The van der Waals surface area contributed by atoms with Gasteiger partial charge in [-0.25, -0.2) is 0 Å². The summed E-state index contributed by atoms with van der Waals surface area (Å²) in [6.45, 7) is 1.79. The molecule has 0 aliphatic heterocycles. The van der Waals surface area contributed by atoms with Gasteiger partial charge in [0, 0.05) is 7.05 Å². The molecule has 1 amide bonds. The van der Waals surface area contributed by atoms with Crippen molar-refractivity contribution < 1.29 is 9.53 Å². The average Bonchev–Trinajstić information content (AvgIpc) is 3.05. The maximum Gasteiger partial charge on any atom is 0.237 e. The predicted octanol–water partition coefficient (Wildman–Crippen LogP) is 4.92. The molecule has 1 N–H and O–H groups in total. The van der Waals surface area contributed by atoms with Crippen molar-refractivity contribution >= 4 is 46.6 Å². The highest BCUT2D eigenvalue weighted by Gasteiger charge is 2.21. The Balaban J connectivity index is 1.76. The van der Waals surface area contributed by atoms with E-state index in [0.717, 1.165) is 5.56 Å². The fraction of sp³-hybridized carbons (Fsp3) is 0.211. The van der Waals surface area contributed by atoms with E-state index in [4.69, 9.17) is 27.9 Å². The van der Waals surface area contributed by atoms with Gasteiger partial charge in [-0.1, -0.05) is 53.2 Å². The average molecular weight is 437 g/mol. The van der Waals surface area contributed by atoms with Crippen LogP contribution in [0, 0.1) is 0 Å². The molecular formula is C19H18Cl2N4O2S. The fourth-order valence-corrected chi connectivity index (χ4v) is 3.69. The van der Waals surface area contributed by atoms with Crippen molar-refractivity contribution in [2.75, 3.05) is 12.4 Å². The number of rotatable bonds is 6. The summed E-state index contributed by atoms with van der Waals surface area (Å²) in [5, 5.41) is 12.2. The van der Waals surface area contributed by atoms with Gasteiger partial charge in [-0.2, -0.15) is 0 Å². The first kappa shape index (κ1) is 20.5. The van der Waals surface area contributed by atoms with Crippen LogP contribution in [0.1, 0.15) is 6.92 Å². The SMILES string of the molecule is COc1ccccc1-c1nnc(SC(C)C(=O)Nc2cccc(Cl)c2Cl)n1C. The zero-order valence-electron chi connectivity index (χ0n) is 15.4. The minimum Gasteiger partial charge on any atom is -0.496 e. The molecule has 0 bridgehead atoms. The number of nitrogens with one attached hydrogen (secondary N) is 1. The van der Waals surface area contributed by atoms with Crippen LogP contribution >= 0.6 is 35.0 Å². The first-order valence-corrected chi connectivity index (χ1v) is 10.00. The van der Waals surface area contributed by atoms with Gasteiger partial charge in [0.1, 0.15) is 5.75 Å². The summed E-state index contributed by atoms with van der Waals surface area (Å²) in [5.41, 5.74) is 1.30. The number of hydrogen-bond acceptors (Lipinski definition) is 5. The van der Waals surface area contributed by atoms with E-state index in [1.165, 1.54) is 11.8 Å². The third kappa shape index (κ3) is 4.27. The third-order valence-corrected chi connectivity index (χ3v) is 6.00. The highest BCUT2D eigenvalue weighted by Crippen LogP contribution is 2.32. The molecule has 6 nitrogen and oxygen atoms in total. The van der Waals surface area contributed by atoms with Gasteiger partial charge in [0.2, 0.25) is 5.91 Å². The van der Waals surface area contributed by atoms with Gasteiger partial charge in [-0.3, -0.25) is 4.79 Å². The zero-order valence-corrected chi connectivity index (χ0v) is 17.8. The number of methoxy groups -OCH3 is 1. The number of para-hydroxylation sites is 1. The minimum absolute atomic E-state index is 0.212. The molecule has 1 aromatic heterocycles. The number of anilines is 1. The second-order valence-electron chi connectivity index (χ2n) is 5.92. The number of ether oxygens (including phenoxy) is 1. The fourth-order valence-electron chi connectivity index (χ4n) is 2.53. The first-order valence-electron chi connectivity index (χ1n) is 8.36. The van der Waals surface area contributed by atoms with Crippen LogP contribution in [0.15, 0.2) is 47.6 Å². The number of thioether (sulfide) groups is 1. The van der Waals surface area contributed by atoms with Gasteiger partial charge in [0.15, 0.2) is 11.0 Å². The molecule has 1 unspecified atom stereocenters. The molecule has 9 heteroatoms. The lowest BCUT2D eigenvalue weighted by Crippen LogP contribution is -2.23. The smallest absolute Gasteiger partial charge is 0.237 e. The maximum atomic E-state index is 12.6. The van der Waals surface area contributed by atoms with Crippen LogP contribution in [0.4, 0.5) is 5.69 Å². The Morgan fingerprint density at radius 3 is 2.68 bits per heavy atom. The summed E-state index contributed by atoms with van der Waals surface area (Å²) >= 11 is 13.4. The Bertz CT molecular complexity index is 1010. The highest BCUT2D eigenvalue weighted by molar-refractivity contribution is 8.00. The molecule has 0 saturated carbocycles. The molecule has 0 aliphatic rings. The topological polar surface area (TPSA) is 69.0 Å². The Labute approximate surface area is 177 Å². The van der Waals surface area contributed by atoms with Gasteiger partial charge in [-0.05, 0) is 31.2 Å². The molecule has 3 aromatic rings. The lowest BCUT2D eigenvalue weighted by molar-refractivity contribution is -0.115. The number of nitrogens with zero attached hydrogens (tertiary/aromatic N) is 3. The number of halogens is 2. The molecule has 1 heterocycles. The Morgan fingerprint density at radius 2 is 1.93 bits per heavy atom. The van der Waals surface area contributed by atoms with Crippen molar-refractivity contribution in [3.8, 4) is 17.1 Å². The van der Waals surface area contributed by atoms with Crippen LogP contribution in [-0.2, 0) is 11.8 Å². The van der Waals surface area contributed by atoms with Crippen molar-refractivity contribution in [3.63, 3.8) is 0 Å². The lowest BCUT2D eigenvalue weighted by atomic mass is 10.2. The number of carbonyl (C=O) groups excluding carboxylic acids is 1. The number of carbonyl (C=O) groups is 1. The summed E-state index contributed by atoms with van der Waals surface area (Å²) in [6, 6.07) is 12.7. The van der Waals surface area contributed by atoms with Crippen LogP contribution in [0.5, 0.6) is 5.75 Å². The van der Waals surface area contributed by atoms with Crippen LogP contribution in [0.3, 0.4) is 0 Å². The van der Waals surface area contributed by atoms with Crippen LogP contribution in [0.2, 0.25) is 10.0 Å². The third-order valence-electron chi connectivity index (χ3n) is 4.04. The molecule has 3 rings (SSSR count).